The molecule has 0 fully saturated rings. The Morgan fingerprint density at radius 3 is 2.93 bits per heavy atom. The van der Waals surface area contributed by atoms with Crippen LogP contribution in [0.4, 0.5) is 5.82 Å². The molecule has 15 heavy (non-hydrogen) atoms. The van der Waals surface area contributed by atoms with E-state index in [0.717, 1.165) is 30.8 Å². The van der Waals surface area contributed by atoms with Gasteiger partial charge >= 0.3 is 0 Å². The Bertz CT molecular complexity index is 337. The fraction of sp³-hybridized carbons (Fsp3) is 0.545. The van der Waals surface area contributed by atoms with E-state index in [1.165, 1.54) is 5.56 Å². The predicted molar refractivity (Wildman–Crippen MR) is 57.8 cm³/mol. The van der Waals surface area contributed by atoms with Gasteiger partial charge in [0.2, 0.25) is 0 Å². The highest BCUT2D eigenvalue weighted by Crippen LogP contribution is 2.24. The Kier molecular flexibility index (Phi) is 3.18. The average molecular weight is 208 g/mol. The van der Waals surface area contributed by atoms with E-state index in [0.29, 0.717) is 0 Å². The number of anilines is 1. The van der Waals surface area contributed by atoms with E-state index in [1.807, 2.05) is 0 Å². The van der Waals surface area contributed by atoms with Crippen LogP contribution in [0, 0.1) is 0 Å². The Hall–Kier alpha value is -1.13. The number of aromatic nitrogens is 1. The molecule has 1 aromatic heterocycles. The predicted octanol–water partition coefficient (Wildman–Crippen LogP) is 1.73. The molecule has 0 unspecified atom stereocenters. The van der Waals surface area contributed by atoms with Crippen molar-refractivity contribution in [3.05, 3.63) is 23.4 Å². The molecular formula is C11H16N2O2. The molecule has 0 bridgehead atoms. The fourth-order valence-electron chi connectivity index (χ4n) is 1.86. The zero-order valence-electron chi connectivity index (χ0n) is 9.12. The van der Waals surface area contributed by atoms with Crippen LogP contribution in [0.1, 0.15) is 23.8 Å². The van der Waals surface area contributed by atoms with Crippen molar-refractivity contribution in [1.29, 1.82) is 0 Å². The van der Waals surface area contributed by atoms with Gasteiger partial charge in [0, 0.05) is 32.5 Å². The van der Waals surface area contributed by atoms with Gasteiger partial charge in [0.1, 0.15) is 5.82 Å². The summed E-state index contributed by atoms with van der Waals surface area (Å²) in [5.41, 5.74) is 2.22. The summed E-state index contributed by atoms with van der Waals surface area (Å²) >= 11 is 0. The lowest BCUT2D eigenvalue weighted by atomic mass is 10.1. The summed E-state index contributed by atoms with van der Waals surface area (Å²) in [5.74, 6) is 0.996. The van der Waals surface area contributed by atoms with Crippen LogP contribution in [0.5, 0.6) is 0 Å². The first-order chi connectivity index (χ1) is 7.35. The molecule has 4 nitrogen and oxygen atoms in total. The van der Waals surface area contributed by atoms with E-state index in [-0.39, 0.29) is 6.29 Å². The number of hydrogen-bond acceptors (Lipinski definition) is 4. The van der Waals surface area contributed by atoms with Crippen molar-refractivity contribution in [2.75, 3.05) is 26.1 Å². The van der Waals surface area contributed by atoms with Gasteiger partial charge in [-0.1, -0.05) is 0 Å². The number of rotatable bonds is 3. The second kappa shape index (κ2) is 4.59. The van der Waals surface area contributed by atoms with Gasteiger partial charge in [-0.3, -0.25) is 0 Å². The van der Waals surface area contributed by atoms with E-state index < -0.39 is 0 Å². The summed E-state index contributed by atoms with van der Waals surface area (Å²) < 4.78 is 10.4. The number of methoxy groups -OCH3 is 2. The zero-order valence-corrected chi connectivity index (χ0v) is 9.12. The molecule has 1 aliphatic rings. The van der Waals surface area contributed by atoms with Crippen LogP contribution in [0.25, 0.3) is 0 Å². The molecule has 0 saturated carbocycles. The van der Waals surface area contributed by atoms with E-state index >= 15 is 0 Å². The summed E-state index contributed by atoms with van der Waals surface area (Å²) in [6, 6.07) is 2.10. The maximum absolute atomic E-state index is 5.19. The van der Waals surface area contributed by atoms with Crippen molar-refractivity contribution < 1.29 is 9.47 Å². The highest BCUT2D eigenvalue weighted by Gasteiger charge is 2.14. The SMILES string of the molecule is COC(OC)c1cnc2c(c1)CCCN2. The number of nitrogens with zero attached hydrogens (tertiary/aromatic N) is 1. The normalized spacial score (nSPS) is 14.9. The number of fused-ring (bicyclic) bond motifs is 1. The molecule has 0 amide bonds. The highest BCUT2D eigenvalue weighted by molar-refractivity contribution is 5.47. The molecule has 4 heteroatoms. The molecular weight excluding hydrogens is 192 g/mol. The van der Waals surface area contributed by atoms with Crippen LogP contribution >= 0.6 is 0 Å². The summed E-state index contributed by atoms with van der Waals surface area (Å²) in [5, 5.41) is 3.27. The zero-order chi connectivity index (χ0) is 10.7. The Labute approximate surface area is 89.6 Å². The lowest BCUT2D eigenvalue weighted by molar-refractivity contribution is -0.106. The van der Waals surface area contributed by atoms with Gasteiger partial charge in [-0.2, -0.15) is 0 Å². The Balaban J connectivity index is 2.27. The third-order valence-electron chi connectivity index (χ3n) is 2.60. The fourth-order valence-corrected chi connectivity index (χ4v) is 1.86. The lowest BCUT2D eigenvalue weighted by Crippen LogP contribution is -2.14. The van der Waals surface area contributed by atoms with Gasteiger partial charge < -0.3 is 14.8 Å². The summed E-state index contributed by atoms with van der Waals surface area (Å²) in [6.07, 6.45) is 3.71. The lowest BCUT2D eigenvalue weighted by Gasteiger charge is -2.19. The van der Waals surface area contributed by atoms with Crippen LogP contribution in [0.3, 0.4) is 0 Å². The van der Waals surface area contributed by atoms with E-state index in [2.05, 4.69) is 16.4 Å². The van der Waals surface area contributed by atoms with Crippen LogP contribution in [-0.4, -0.2) is 25.7 Å². The van der Waals surface area contributed by atoms with Crippen molar-refractivity contribution >= 4 is 5.82 Å². The number of aryl methyl sites for hydroxylation is 1. The highest BCUT2D eigenvalue weighted by atomic mass is 16.7. The molecule has 2 heterocycles. The molecule has 0 radical (unpaired) electrons. The van der Waals surface area contributed by atoms with E-state index in [9.17, 15) is 0 Å². The van der Waals surface area contributed by atoms with Crippen LogP contribution in [0.2, 0.25) is 0 Å². The number of nitrogens with one attached hydrogen (secondary N) is 1. The van der Waals surface area contributed by atoms with Gasteiger partial charge in [0.05, 0.1) is 0 Å². The van der Waals surface area contributed by atoms with Crippen LogP contribution in [-0.2, 0) is 15.9 Å². The van der Waals surface area contributed by atoms with Gasteiger partial charge in [0.25, 0.3) is 0 Å². The smallest absolute Gasteiger partial charge is 0.184 e. The summed E-state index contributed by atoms with van der Waals surface area (Å²) in [4.78, 5) is 4.36. The van der Waals surface area contributed by atoms with E-state index in [1.54, 1.807) is 20.4 Å². The third-order valence-corrected chi connectivity index (χ3v) is 2.60. The minimum Gasteiger partial charge on any atom is -0.370 e. The van der Waals surface area contributed by atoms with Crippen molar-refractivity contribution in [1.82, 2.24) is 4.98 Å². The molecule has 0 saturated heterocycles. The molecule has 1 N–H and O–H groups in total. The van der Waals surface area contributed by atoms with E-state index in [4.69, 9.17) is 9.47 Å². The second-order valence-electron chi connectivity index (χ2n) is 3.61. The molecule has 82 valence electrons. The van der Waals surface area contributed by atoms with Crippen molar-refractivity contribution in [2.45, 2.75) is 19.1 Å². The molecule has 2 rings (SSSR count). The van der Waals surface area contributed by atoms with Crippen LogP contribution in [0.15, 0.2) is 12.3 Å². The molecule has 1 aliphatic heterocycles. The van der Waals surface area contributed by atoms with Crippen molar-refractivity contribution in [3.63, 3.8) is 0 Å². The first-order valence-corrected chi connectivity index (χ1v) is 5.13. The standard InChI is InChI=1S/C11H16N2O2/c1-14-11(15-2)9-6-8-4-3-5-12-10(8)13-7-9/h6-7,11H,3-5H2,1-2H3,(H,12,13). The van der Waals surface area contributed by atoms with Gasteiger partial charge in [0.15, 0.2) is 6.29 Å². The second-order valence-corrected chi connectivity index (χ2v) is 3.61. The number of pyridine rings is 1. The third kappa shape index (κ3) is 2.11. The monoisotopic (exact) mass is 208 g/mol. The molecule has 0 atom stereocenters. The minimum atomic E-state index is -0.315. The largest absolute Gasteiger partial charge is 0.370 e. The average Bonchev–Trinajstić information content (AvgIpc) is 2.30. The molecule has 1 aromatic rings. The number of hydrogen-bond donors (Lipinski definition) is 1. The minimum absolute atomic E-state index is 0.315. The maximum atomic E-state index is 5.19. The molecule has 0 aromatic carbocycles. The first-order valence-electron chi connectivity index (χ1n) is 5.13. The quantitative estimate of drug-likeness (QED) is 0.768. The maximum Gasteiger partial charge on any atom is 0.184 e. The summed E-state index contributed by atoms with van der Waals surface area (Å²) in [6.45, 7) is 1.01. The van der Waals surface area contributed by atoms with Crippen LogP contribution < -0.4 is 5.32 Å². The Morgan fingerprint density at radius 2 is 2.20 bits per heavy atom. The van der Waals surface area contributed by atoms with Gasteiger partial charge in [-0.15, -0.1) is 0 Å². The van der Waals surface area contributed by atoms with Crippen molar-refractivity contribution in [2.24, 2.45) is 0 Å². The van der Waals surface area contributed by atoms with Gasteiger partial charge in [-0.25, -0.2) is 4.98 Å². The topological polar surface area (TPSA) is 43.4 Å². The molecule has 0 aliphatic carbocycles. The first kappa shape index (κ1) is 10.4. The number of ether oxygens (including phenoxy) is 2. The van der Waals surface area contributed by atoms with Gasteiger partial charge in [-0.05, 0) is 24.5 Å². The Morgan fingerprint density at radius 1 is 1.40 bits per heavy atom. The molecule has 0 spiro atoms. The summed E-state index contributed by atoms with van der Waals surface area (Å²) in [7, 11) is 3.26. The van der Waals surface area contributed by atoms with Crippen molar-refractivity contribution in [3.8, 4) is 0 Å².